The Morgan fingerprint density at radius 3 is 2.17 bits per heavy atom. The molecule has 106 valence electrons. The van der Waals surface area contributed by atoms with Crippen LogP contribution < -0.4 is 9.44 Å². The minimum absolute atomic E-state index is 0.118. The van der Waals surface area contributed by atoms with Gasteiger partial charge >= 0.3 is 5.97 Å². The number of hydrogen-bond donors (Lipinski definition) is 3. The molecule has 1 aliphatic rings. The molecule has 0 aliphatic carbocycles. The fourth-order valence-corrected chi connectivity index (χ4v) is 3.43. The Morgan fingerprint density at radius 2 is 1.78 bits per heavy atom. The minimum Gasteiger partial charge on any atom is -0.480 e. The zero-order valence-corrected chi connectivity index (χ0v) is 11.6. The predicted molar refractivity (Wildman–Crippen MR) is 65.4 cm³/mol. The third-order valence-corrected chi connectivity index (χ3v) is 4.07. The van der Waals surface area contributed by atoms with Crippen molar-refractivity contribution in [3.05, 3.63) is 0 Å². The molecule has 0 aromatic rings. The summed E-state index contributed by atoms with van der Waals surface area (Å²) in [5, 5.41) is 9.24. The molecule has 0 unspecified atom stereocenters. The van der Waals surface area contributed by atoms with Crippen molar-refractivity contribution >= 4 is 16.2 Å². The van der Waals surface area contributed by atoms with Crippen LogP contribution in [0.15, 0.2) is 0 Å². The van der Waals surface area contributed by atoms with Gasteiger partial charge in [0.2, 0.25) is 0 Å². The predicted octanol–water partition coefficient (Wildman–Crippen LogP) is -0.157. The molecule has 0 radical (unpaired) electrons. The summed E-state index contributed by atoms with van der Waals surface area (Å²) >= 11 is 0. The molecule has 0 atom stereocenters. The summed E-state index contributed by atoms with van der Waals surface area (Å²) in [5.41, 5.74) is -2.15. The lowest BCUT2D eigenvalue weighted by Crippen LogP contribution is -2.61. The van der Waals surface area contributed by atoms with Gasteiger partial charge in [-0.3, -0.25) is 4.79 Å². The zero-order valence-electron chi connectivity index (χ0n) is 10.8. The van der Waals surface area contributed by atoms with E-state index < -0.39 is 27.3 Å². The summed E-state index contributed by atoms with van der Waals surface area (Å²) in [6.07, 6.45) is 0.237. The highest BCUT2D eigenvalue weighted by Crippen LogP contribution is 2.22. The number of rotatable bonds is 4. The van der Waals surface area contributed by atoms with Crippen molar-refractivity contribution in [1.82, 2.24) is 9.44 Å². The lowest BCUT2D eigenvalue weighted by molar-refractivity contribution is -0.148. The first-order valence-electron chi connectivity index (χ1n) is 5.70. The van der Waals surface area contributed by atoms with E-state index in [2.05, 4.69) is 9.44 Å². The molecule has 8 heteroatoms. The van der Waals surface area contributed by atoms with Crippen LogP contribution in [0.3, 0.4) is 0 Å². The lowest BCUT2D eigenvalue weighted by atomic mass is 9.92. The molecule has 7 nitrogen and oxygen atoms in total. The Balaban J connectivity index is 2.87. The van der Waals surface area contributed by atoms with Crippen LogP contribution in [0.5, 0.6) is 0 Å². The molecular formula is C10H20N2O5S. The average Bonchev–Trinajstić information content (AvgIpc) is 2.13. The second kappa shape index (κ2) is 5.12. The number of carbonyl (C=O) groups is 1. The molecule has 0 spiro atoms. The molecular weight excluding hydrogens is 260 g/mol. The van der Waals surface area contributed by atoms with E-state index in [1.165, 1.54) is 0 Å². The van der Waals surface area contributed by atoms with Gasteiger partial charge in [0.05, 0.1) is 0 Å². The average molecular weight is 280 g/mol. The smallest absolute Gasteiger partial charge is 0.325 e. The van der Waals surface area contributed by atoms with Gasteiger partial charge in [0.25, 0.3) is 10.2 Å². The van der Waals surface area contributed by atoms with Gasteiger partial charge < -0.3 is 9.84 Å². The molecule has 1 heterocycles. The Kier molecular flexibility index (Phi) is 4.37. The van der Waals surface area contributed by atoms with Gasteiger partial charge in [-0.25, -0.2) is 0 Å². The molecule has 0 saturated carbocycles. The molecule has 1 saturated heterocycles. The van der Waals surface area contributed by atoms with Crippen molar-refractivity contribution < 1.29 is 23.1 Å². The first kappa shape index (κ1) is 15.4. The quantitative estimate of drug-likeness (QED) is 0.664. The fraction of sp³-hybridized carbons (Fsp3) is 0.900. The SMILES string of the molecule is CC(C)(C)NS(=O)(=O)NC1(C(=O)O)CCOCC1. The highest BCUT2D eigenvalue weighted by atomic mass is 32.2. The largest absolute Gasteiger partial charge is 0.480 e. The highest BCUT2D eigenvalue weighted by molar-refractivity contribution is 7.87. The molecule has 1 aliphatic heterocycles. The van der Waals surface area contributed by atoms with Crippen LogP contribution in [0.2, 0.25) is 0 Å². The third-order valence-electron chi connectivity index (χ3n) is 2.53. The molecule has 1 fully saturated rings. The topological polar surface area (TPSA) is 105 Å². The van der Waals surface area contributed by atoms with E-state index in [4.69, 9.17) is 4.74 Å². The molecule has 0 amide bonds. The van der Waals surface area contributed by atoms with Crippen molar-refractivity contribution in [2.45, 2.75) is 44.7 Å². The van der Waals surface area contributed by atoms with E-state index in [0.29, 0.717) is 0 Å². The molecule has 0 aromatic heterocycles. The lowest BCUT2D eigenvalue weighted by Gasteiger charge is -2.34. The van der Waals surface area contributed by atoms with Crippen LogP contribution in [0.25, 0.3) is 0 Å². The van der Waals surface area contributed by atoms with Crippen LogP contribution in [-0.4, -0.2) is 43.8 Å². The summed E-state index contributed by atoms with van der Waals surface area (Å²) < 4.78 is 33.5. The summed E-state index contributed by atoms with van der Waals surface area (Å²) in [6, 6.07) is 0. The van der Waals surface area contributed by atoms with E-state index in [1.807, 2.05) is 0 Å². The van der Waals surface area contributed by atoms with Crippen molar-refractivity contribution in [3.63, 3.8) is 0 Å². The van der Waals surface area contributed by atoms with Gasteiger partial charge in [-0.2, -0.15) is 17.9 Å². The van der Waals surface area contributed by atoms with Crippen LogP contribution in [0.1, 0.15) is 33.6 Å². The number of nitrogens with one attached hydrogen (secondary N) is 2. The van der Waals surface area contributed by atoms with E-state index >= 15 is 0 Å². The minimum atomic E-state index is -3.88. The van der Waals surface area contributed by atoms with E-state index in [0.717, 1.165) is 0 Å². The van der Waals surface area contributed by atoms with Crippen molar-refractivity contribution in [2.75, 3.05) is 13.2 Å². The highest BCUT2D eigenvalue weighted by Gasteiger charge is 2.44. The molecule has 0 aromatic carbocycles. The van der Waals surface area contributed by atoms with Crippen LogP contribution >= 0.6 is 0 Å². The zero-order chi connectivity index (χ0) is 14.0. The first-order valence-corrected chi connectivity index (χ1v) is 7.19. The number of aliphatic carboxylic acids is 1. The molecule has 18 heavy (non-hydrogen) atoms. The van der Waals surface area contributed by atoms with Gasteiger partial charge in [-0.05, 0) is 20.8 Å². The van der Waals surface area contributed by atoms with Crippen LogP contribution in [0, 0.1) is 0 Å². The summed E-state index contributed by atoms with van der Waals surface area (Å²) in [7, 11) is -3.88. The molecule has 3 N–H and O–H groups in total. The number of hydrogen-bond acceptors (Lipinski definition) is 4. The Morgan fingerprint density at radius 1 is 1.28 bits per heavy atom. The maximum absolute atomic E-state index is 11.9. The number of ether oxygens (including phenoxy) is 1. The first-order chi connectivity index (χ1) is 8.06. The maximum Gasteiger partial charge on any atom is 0.325 e. The van der Waals surface area contributed by atoms with Gasteiger partial charge in [-0.1, -0.05) is 0 Å². The third kappa shape index (κ3) is 4.20. The van der Waals surface area contributed by atoms with E-state index in [9.17, 15) is 18.3 Å². The standard InChI is InChI=1S/C10H20N2O5S/c1-9(2,3)11-18(15,16)12-10(8(13)14)4-6-17-7-5-10/h11-12H,4-7H2,1-3H3,(H,13,14). The summed E-state index contributed by atoms with van der Waals surface area (Å²) in [6.45, 7) is 5.51. The Bertz CT molecular complexity index is 406. The van der Waals surface area contributed by atoms with Crippen molar-refractivity contribution in [1.29, 1.82) is 0 Å². The monoisotopic (exact) mass is 280 g/mol. The molecule has 0 bridgehead atoms. The van der Waals surface area contributed by atoms with Crippen LogP contribution in [0.4, 0.5) is 0 Å². The Labute approximate surface area is 107 Å². The molecule has 1 rings (SSSR count). The van der Waals surface area contributed by atoms with Crippen molar-refractivity contribution in [3.8, 4) is 0 Å². The fourth-order valence-electron chi connectivity index (χ4n) is 1.77. The Hall–Kier alpha value is -0.700. The van der Waals surface area contributed by atoms with E-state index in [-0.39, 0.29) is 26.1 Å². The maximum atomic E-state index is 11.9. The number of carboxylic acid groups (broad SMARTS) is 1. The van der Waals surface area contributed by atoms with Crippen molar-refractivity contribution in [2.24, 2.45) is 0 Å². The summed E-state index contributed by atoms with van der Waals surface area (Å²) in [5.74, 6) is -1.18. The summed E-state index contributed by atoms with van der Waals surface area (Å²) in [4.78, 5) is 11.3. The normalized spacial score (nSPS) is 20.6. The second-order valence-electron chi connectivity index (χ2n) is 5.46. The van der Waals surface area contributed by atoms with Gasteiger partial charge in [0.15, 0.2) is 0 Å². The van der Waals surface area contributed by atoms with Crippen LogP contribution in [-0.2, 0) is 19.7 Å². The second-order valence-corrected chi connectivity index (χ2v) is 6.87. The number of carboxylic acids is 1. The van der Waals surface area contributed by atoms with E-state index in [1.54, 1.807) is 20.8 Å². The van der Waals surface area contributed by atoms with Gasteiger partial charge in [-0.15, -0.1) is 0 Å². The van der Waals surface area contributed by atoms with Gasteiger partial charge in [0, 0.05) is 31.6 Å². The van der Waals surface area contributed by atoms with Gasteiger partial charge in [0.1, 0.15) is 5.54 Å².